The van der Waals surface area contributed by atoms with E-state index in [0.29, 0.717) is 0 Å². The van der Waals surface area contributed by atoms with E-state index in [1.807, 2.05) is 6.92 Å². The first-order valence-corrected chi connectivity index (χ1v) is 4.15. The fourth-order valence-electron chi connectivity index (χ4n) is 0.610. The van der Waals surface area contributed by atoms with E-state index < -0.39 is 0 Å². The van der Waals surface area contributed by atoms with E-state index in [1.54, 1.807) is 0 Å². The van der Waals surface area contributed by atoms with Crippen LogP contribution in [0.1, 0.15) is 33.1 Å². The largest absolute Gasteiger partial charge is 0.447 e. The van der Waals surface area contributed by atoms with Gasteiger partial charge in [-0.15, -0.1) is 0 Å². The molecule has 1 atom stereocenters. The summed E-state index contributed by atoms with van der Waals surface area (Å²) in [6, 6.07) is -0.0822. The molecule has 0 rings (SSSR count). The SMILES string of the molecule is CCCCCOC#CC(C)N. The van der Waals surface area contributed by atoms with Gasteiger partial charge in [-0.3, -0.25) is 0 Å². The van der Waals surface area contributed by atoms with E-state index >= 15 is 0 Å². The standard InChI is InChI=1S/C9H17NO/c1-3-4-5-7-11-8-6-9(2)10/h9H,3-5,7,10H2,1-2H3. The Bertz CT molecular complexity index is 132. The second kappa shape index (κ2) is 7.43. The lowest BCUT2D eigenvalue weighted by molar-refractivity contribution is 0.268. The molecule has 2 heteroatoms. The van der Waals surface area contributed by atoms with Crippen molar-refractivity contribution in [2.75, 3.05) is 6.61 Å². The lowest BCUT2D eigenvalue weighted by Crippen LogP contribution is -2.11. The summed E-state index contributed by atoms with van der Waals surface area (Å²) in [7, 11) is 0. The van der Waals surface area contributed by atoms with E-state index in [-0.39, 0.29) is 6.04 Å². The Morgan fingerprint density at radius 1 is 1.45 bits per heavy atom. The second-order valence-electron chi connectivity index (χ2n) is 2.59. The molecule has 0 radical (unpaired) electrons. The minimum atomic E-state index is -0.0822. The Kier molecular flexibility index (Phi) is 6.97. The zero-order valence-electron chi connectivity index (χ0n) is 7.39. The zero-order chi connectivity index (χ0) is 8.53. The van der Waals surface area contributed by atoms with Gasteiger partial charge in [-0.2, -0.15) is 0 Å². The third-order valence-electron chi connectivity index (χ3n) is 1.21. The van der Waals surface area contributed by atoms with E-state index in [9.17, 15) is 0 Å². The highest BCUT2D eigenvalue weighted by Crippen LogP contribution is 1.92. The van der Waals surface area contributed by atoms with Gasteiger partial charge in [-0.25, -0.2) is 0 Å². The highest BCUT2D eigenvalue weighted by atomic mass is 16.5. The zero-order valence-corrected chi connectivity index (χ0v) is 7.39. The highest BCUT2D eigenvalue weighted by molar-refractivity contribution is 4.99. The van der Waals surface area contributed by atoms with Gasteiger partial charge >= 0.3 is 0 Å². The van der Waals surface area contributed by atoms with Crippen molar-refractivity contribution in [3.05, 3.63) is 0 Å². The van der Waals surface area contributed by atoms with E-state index in [2.05, 4.69) is 19.0 Å². The van der Waals surface area contributed by atoms with Gasteiger partial charge in [-0.1, -0.05) is 19.8 Å². The number of nitrogens with two attached hydrogens (primary N) is 1. The fraction of sp³-hybridized carbons (Fsp3) is 0.778. The van der Waals surface area contributed by atoms with Crippen molar-refractivity contribution >= 4 is 0 Å². The van der Waals surface area contributed by atoms with Crippen LogP contribution in [0.3, 0.4) is 0 Å². The number of ether oxygens (including phenoxy) is 1. The third-order valence-corrected chi connectivity index (χ3v) is 1.21. The molecular formula is C9H17NO. The lowest BCUT2D eigenvalue weighted by atomic mass is 10.3. The first-order chi connectivity index (χ1) is 5.27. The van der Waals surface area contributed by atoms with Crippen LogP contribution in [-0.2, 0) is 4.74 Å². The smallest absolute Gasteiger partial charge is 0.111 e. The Morgan fingerprint density at radius 2 is 2.18 bits per heavy atom. The summed E-state index contributed by atoms with van der Waals surface area (Å²) in [5, 5.41) is 0. The molecule has 0 bridgehead atoms. The van der Waals surface area contributed by atoms with Crippen molar-refractivity contribution < 1.29 is 4.74 Å². The molecule has 0 saturated carbocycles. The predicted molar refractivity (Wildman–Crippen MR) is 46.9 cm³/mol. The molecule has 0 fully saturated rings. The molecule has 0 aliphatic heterocycles. The van der Waals surface area contributed by atoms with Crippen LogP contribution in [0.15, 0.2) is 0 Å². The molecule has 0 aliphatic rings. The van der Waals surface area contributed by atoms with E-state index in [0.717, 1.165) is 13.0 Å². The summed E-state index contributed by atoms with van der Waals surface area (Å²) in [6.07, 6.45) is 6.08. The normalized spacial score (nSPS) is 11.5. The predicted octanol–water partition coefficient (Wildman–Crippen LogP) is 1.50. The molecule has 64 valence electrons. The van der Waals surface area contributed by atoms with Crippen LogP contribution in [0.25, 0.3) is 0 Å². The van der Waals surface area contributed by atoms with Gasteiger partial charge in [0.2, 0.25) is 0 Å². The molecule has 0 aliphatic carbocycles. The minimum absolute atomic E-state index is 0.0822. The molecule has 0 saturated heterocycles. The number of unbranched alkanes of at least 4 members (excludes halogenated alkanes) is 2. The van der Waals surface area contributed by atoms with Gasteiger partial charge in [-0.05, 0) is 19.3 Å². The summed E-state index contributed by atoms with van der Waals surface area (Å²) in [4.78, 5) is 0. The maximum atomic E-state index is 5.38. The van der Waals surface area contributed by atoms with Crippen LogP contribution < -0.4 is 5.73 Å². The molecule has 2 nitrogen and oxygen atoms in total. The maximum Gasteiger partial charge on any atom is 0.111 e. The number of hydrogen-bond acceptors (Lipinski definition) is 2. The summed E-state index contributed by atoms with van der Waals surface area (Å²) in [5.74, 6) is 2.73. The van der Waals surface area contributed by atoms with Gasteiger partial charge < -0.3 is 10.5 Å². The third kappa shape index (κ3) is 9.32. The van der Waals surface area contributed by atoms with Crippen molar-refractivity contribution in [1.29, 1.82) is 0 Å². The van der Waals surface area contributed by atoms with Gasteiger partial charge in [0.1, 0.15) is 12.7 Å². The van der Waals surface area contributed by atoms with Crippen LogP contribution >= 0.6 is 0 Å². The molecule has 2 N–H and O–H groups in total. The van der Waals surface area contributed by atoms with Crippen molar-refractivity contribution in [3.8, 4) is 12.0 Å². The van der Waals surface area contributed by atoms with Gasteiger partial charge in [0.25, 0.3) is 0 Å². The van der Waals surface area contributed by atoms with Crippen LogP contribution in [0.5, 0.6) is 0 Å². The second-order valence-corrected chi connectivity index (χ2v) is 2.59. The molecule has 0 aromatic carbocycles. The number of rotatable bonds is 4. The average Bonchev–Trinajstić information content (AvgIpc) is 1.96. The van der Waals surface area contributed by atoms with Gasteiger partial charge in [0.15, 0.2) is 0 Å². The molecule has 1 unspecified atom stereocenters. The van der Waals surface area contributed by atoms with Crippen molar-refractivity contribution in [2.45, 2.75) is 39.2 Å². The molecule has 0 amide bonds. The lowest BCUT2D eigenvalue weighted by Gasteiger charge is -1.95. The Balaban J connectivity index is 3.09. The summed E-state index contributed by atoms with van der Waals surface area (Å²) in [5.41, 5.74) is 5.38. The Morgan fingerprint density at radius 3 is 2.73 bits per heavy atom. The molecule has 0 aromatic rings. The first-order valence-electron chi connectivity index (χ1n) is 4.15. The first kappa shape index (κ1) is 10.3. The quantitative estimate of drug-likeness (QED) is 0.493. The summed E-state index contributed by atoms with van der Waals surface area (Å²) in [6.45, 7) is 4.73. The maximum absolute atomic E-state index is 5.38. The highest BCUT2D eigenvalue weighted by Gasteiger charge is 1.84. The molecule has 11 heavy (non-hydrogen) atoms. The van der Waals surface area contributed by atoms with Crippen LogP contribution in [0, 0.1) is 12.0 Å². The van der Waals surface area contributed by atoms with E-state index in [4.69, 9.17) is 10.5 Å². The molecule has 0 heterocycles. The van der Waals surface area contributed by atoms with Gasteiger partial charge in [0.05, 0.1) is 6.04 Å². The molecular weight excluding hydrogens is 138 g/mol. The average molecular weight is 155 g/mol. The number of hydrogen-bond donors (Lipinski definition) is 1. The topological polar surface area (TPSA) is 35.2 Å². The van der Waals surface area contributed by atoms with Gasteiger partial charge in [0, 0.05) is 0 Å². The van der Waals surface area contributed by atoms with Crippen molar-refractivity contribution in [3.63, 3.8) is 0 Å². The Hall–Kier alpha value is -0.680. The van der Waals surface area contributed by atoms with Crippen LogP contribution in [0.2, 0.25) is 0 Å². The molecule has 0 spiro atoms. The van der Waals surface area contributed by atoms with Crippen molar-refractivity contribution in [2.24, 2.45) is 5.73 Å². The van der Waals surface area contributed by atoms with Crippen LogP contribution in [-0.4, -0.2) is 12.6 Å². The van der Waals surface area contributed by atoms with Crippen molar-refractivity contribution in [1.82, 2.24) is 0 Å². The fourth-order valence-corrected chi connectivity index (χ4v) is 0.610. The summed E-state index contributed by atoms with van der Waals surface area (Å²) >= 11 is 0. The molecule has 0 aromatic heterocycles. The van der Waals surface area contributed by atoms with E-state index in [1.165, 1.54) is 12.8 Å². The minimum Gasteiger partial charge on any atom is -0.447 e. The Labute approximate surface area is 69.1 Å². The summed E-state index contributed by atoms with van der Waals surface area (Å²) < 4.78 is 5.01. The monoisotopic (exact) mass is 155 g/mol. The van der Waals surface area contributed by atoms with Crippen LogP contribution in [0.4, 0.5) is 0 Å².